The Morgan fingerprint density at radius 3 is 2.75 bits per heavy atom. The summed E-state index contributed by atoms with van der Waals surface area (Å²) < 4.78 is 41.8. The van der Waals surface area contributed by atoms with Gasteiger partial charge in [-0.1, -0.05) is 24.3 Å². The summed E-state index contributed by atoms with van der Waals surface area (Å²) >= 11 is 1.39. The molecule has 0 radical (unpaired) electrons. The van der Waals surface area contributed by atoms with Gasteiger partial charge in [0.25, 0.3) is 0 Å². The summed E-state index contributed by atoms with van der Waals surface area (Å²) in [6, 6.07) is 10.1. The predicted octanol–water partition coefficient (Wildman–Crippen LogP) is 3.54. The molecule has 2 aromatic rings. The standard InChI is InChI=1S/C17H16FNO3S2/c1-11(20)12-4-2-5-13(10-12)24(21,22)19-16-8-9-23-17-14(16)6-3-7-15(17)18/h2-7,10,16,19H,8-9H2,1H3/t16-/m1/s1. The van der Waals surface area contributed by atoms with Gasteiger partial charge in [-0.25, -0.2) is 17.5 Å². The van der Waals surface area contributed by atoms with E-state index in [1.807, 2.05) is 0 Å². The summed E-state index contributed by atoms with van der Waals surface area (Å²) in [5, 5.41) is 0. The van der Waals surface area contributed by atoms with Crippen LogP contribution < -0.4 is 4.72 Å². The average molecular weight is 365 g/mol. The molecule has 0 bridgehead atoms. The second-order valence-electron chi connectivity index (χ2n) is 5.55. The normalized spacial score (nSPS) is 17.3. The first-order valence-corrected chi connectivity index (χ1v) is 9.90. The number of hydrogen-bond acceptors (Lipinski definition) is 4. The fourth-order valence-electron chi connectivity index (χ4n) is 2.65. The molecule has 1 aliphatic heterocycles. The number of rotatable bonds is 4. The molecule has 24 heavy (non-hydrogen) atoms. The minimum atomic E-state index is -3.81. The zero-order valence-corrected chi connectivity index (χ0v) is 14.6. The molecule has 3 rings (SSSR count). The van der Waals surface area contributed by atoms with Crippen LogP contribution in [0.5, 0.6) is 0 Å². The molecule has 1 atom stereocenters. The lowest BCUT2D eigenvalue weighted by Crippen LogP contribution is -2.31. The Hall–Kier alpha value is -1.70. The summed E-state index contributed by atoms with van der Waals surface area (Å²) in [6.07, 6.45) is 0.576. The first kappa shape index (κ1) is 17.1. The number of carbonyl (C=O) groups is 1. The van der Waals surface area contributed by atoms with Gasteiger partial charge >= 0.3 is 0 Å². The molecule has 0 saturated heterocycles. The van der Waals surface area contributed by atoms with Gasteiger partial charge in [0, 0.05) is 16.5 Å². The highest BCUT2D eigenvalue weighted by Gasteiger charge is 2.27. The van der Waals surface area contributed by atoms with Crippen LogP contribution in [0.4, 0.5) is 4.39 Å². The number of sulfonamides is 1. The summed E-state index contributed by atoms with van der Waals surface area (Å²) in [7, 11) is -3.81. The van der Waals surface area contributed by atoms with E-state index in [1.54, 1.807) is 18.2 Å². The van der Waals surface area contributed by atoms with E-state index in [9.17, 15) is 17.6 Å². The maximum atomic E-state index is 13.9. The van der Waals surface area contributed by atoms with Crippen LogP contribution in [0.15, 0.2) is 52.3 Å². The number of thioether (sulfide) groups is 1. The van der Waals surface area contributed by atoms with Crippen molar-refractivity contribution in [3.63, 3.8) is 0 Å². The number of ketones is 1. The molecule has 0 saturated carbocycles. The van der Waals surface area contributed by atoms with E-state index in [0.29, 0.717) is 28.2 Å². The predicted molar refractivity (Wildman–Crippen MR) is 91.3 cm³/mol. The topological polar surface area (TPSA) is 63.2 Å². The molecule has 0 spiro atoms. The lowest BCUT2D eigenvalue weighted by atomic mass is 10.0. The third kappa shape index (κ3) is 3.38. The molecule has 0 aliphatic carbocycles. The van der Waals surface area contributed by atoms with Gasteiger partial charge in [-0.3, -0.25) is 4.79 Å². The van der Waals surface area contributed by atoms with Gasteiger partial charge in [0.2, 0.25) is 10.0 Å². The van der Waals surface area contributed by atoms with Crippen LogP contribution in [0.1, 0.15) is 35.3 Å². The number of halogens is 1. The molecule has 0 aromatic heterocycles. The number of benzene rings is 2. The van der Waals surface area contributed by atoms with E-state index in [4.69, 9.17) is 0 Å². The van der Waals surface area contributed by atoms with Gasteiger partial charge in [-0.15, -0.1) is 11.8 Å². The van der Waals surface area contributed by atoms with Gasteiger partial charge in [0.1, 0.15) is 5.82 Å². The molecule has 0 unspecified atom stereocenters. The molecule has 1 heterocycles. The van der Waals surface area contributed by atoms with E-state index < -0.39 is 16.1 Å². The zero-order chi connectivity index (χ0) is 17.3. The van der Waals surface area contributed by atoms with Crippen molar-refractivity contribution in [3.05, 3.63) is 59.4 Å². The van der Waals surface area contributed by atoms with Crippen molar-refractivity contribution in [2.75, 3.05) is 5.75 Å². The third-order valence-corrected chi connectivity index (χ3v) is 6.50. The van der Waals surface area contributed by atoms with E-state index in [0.717, 1.165) is 0 Å². The quantitative estimate of drug-likeness (QED) is 0.842. The van der Waals surface area contributed by atoms with Crippen molar-refractivity contribution in [1.29, 1.82) is 0 Å². The Labute approximate surface area is 144 Å². The van der Waals surface area contributed by atoms with Crippen LogP contribution in [0.2, 0.25) is 0 Å². The number of Topliss-reactive ketones (excluding diaryl/α,β-unsaturated/α-hetero) is 1. The maximum Gasteiger partial charge on any atom is 0.241 e. The number of fused-ring (bicyclic) bond motifs is 1. The molecule has 126 valence electrons. The summed E-state index contributed by atoms with van der Waals surface area (Å²) in [5.74, 6) is 0.0997. The van der Waals surface area contributed by atoms with Crippen molar-refractivity contribution in [1.82, 2.24) is 4.72 Å². The second kappa shape index (κ2) is 6.66. The summed E-state index contributed by atoms with van der Waals surface area (Å²) in [6.45, 7) is 1.39. The van der Waals surface area contributed by atoms with Gasteiger partial charge < -0.3 is 0 Å². The molecule has 0 fully saturated rings. The molecule has 0 amide bonds. The number of carbonyl (C=O) groups excluding carboxylic acids is 1. The molecule has 4 nitrogen and oxygen atoms in total. The number of nitrogens with one attached hydrogen (secondary N) is 1. The van der Waals surface area contributed by atoms with Crippen LogP contribution in [0.3, 0.4) is 0 Å². The lowest BCUT2D eigenvalue weighted by molar-refractivity contribution is 0.101. The summed E-state index contributed by atoms with van der Waals surface area (Å²) in [4.78, 5) is 12.0. The van der Waals surface area contributed by atoms with E-state index in [1.165, 1.54) is 43.0 Å². The average Bonchev–Trinajstić information content (AvgIpc) is 2.56. The minimum absolute atomic E-state index is 0.0337. The molecule has 1 N–H and O–H groups in total. The van der Waals surface area contributed by atoms with Gasteiger partial charge in [-0.2, -0.15) is 0 Å². The molecule has 7 heteroatoms. The Morgan fingerprint density at radius 1 is 1.25 bits per heavy atom. The second-order valence-corrected chi connectivity index (χ2v) is 8.37. The van der Waals surface area contributed by atoms with Crippen molar-refractivity contribution in [2.45, 2.75) is 29.2 Å². The fraction of sp³-hybridized carbons (Fsp3) is 0.235. The van der Waals surface area contributed by atoms with Crippen molar-refractivity contribution in [2.24, 2.45) is 0 Å². The van der Waals surface area contributed by atoms with Crippen molar-refractivity contribution in [3.8, 4) is 0 Å². The molecule has 1 aliphatic rings. The highest BCUT2D eigenvalue weighted by atomic mass is 32.2. The molecular weight excluding hydrogens is 349 g/mol. The Balaban J connectivity index is 1.93. The fourth-order valence-corrected chi connectivity index (χ4v) is 5.08. The van der Waals surface area contributed by atoms with Crippen molar-refractivity contribution < 1.29 is 17.6 Å². The monoisotopic (exact) mass is 365 g/mol. The van der Waals surface area contributed by atoms with E-state index >= 15 is 0 Å². The van der Waals surface area contributed by atoms with Gasteiger partial charge in [0.05, 0.1) is 4.90 Å². The molecular formula is C17H16FNO3S2. The zero-order valence-electron chi connectivity index (χ0n) is 13.0. The Kier molecular flexibility index (Phi) is 4.76. The first-order valence-electron chi connectivity index (χ1n) is 7.43. The maximum absolute atomic E-state index is 13.9. The highest BCUT2D eigenvalue weighted by molar-refractivity contribution is 7.99. The summed E-state index contributed by atoms with van der Waals surface area (Å²) in [5.41, 5.74) is 0.987. The smallest absolute Gasteiger partial charge is 0.241 e. The highest BCUT2D eigenvalue weighted by Crippen LogP contribution is 2.38. The minimum Gasteiger partial charge on any atom is -0.295 e. The van der Waals surface area contributed by atoms with Crippen LogP contribution in [0.25, 0.3) is 0 Å². The first-order chi connectivity index (χ1) is 11.4. The van der Waals surface area contributed by atoms with Gasteiger partial charge in [0.15, 0.2) is 5.78 Å². The largest absolute Gasteiger partial charge is 0.295 e. The number of hydrogen-bond donors (Lipinski definition) is 1. The van der Waals surface area contributed by atoms with E-state index in [2.05, 4.69) is 4.72 Å². The van der Waals surface area contributed by atoms with Crippen LogP contribution in [-0.4, -0.2) is 20.0 Å². The van der Waals surface area contributed by atoms with Crippen LogP contribution >= 0.6 is 11.8 Å². The lowest BCUT2D eigenvalue weighted by Gasteiger charge is -2.26. The SMILES string of the molecule is CC(=O)c1cccc(S(=O)(=O)N[C@@H]2CCSc3c(F)cccc32)c1. The van der Waals surface area contributed by atoms with Gasteiger partial charge in [-0.05, 0) is 42.9 Å². The van der Waals surface area contributed by atoms with Crippen molar-refractivity contribution >= 4 is 27.6 Å². The Bertz CT molecular complexity index is 896. The van der Waals surface area contributed by atoms with E-state index in [-0.39, 0.29) is 16.5 Å². The van der Waals surface area contributed by atoms with Crippen LogP contribution in [-0.2, 0) is 10.0 Å². The third-order valence-electron chi connectivity index (χ3n) is 3.87. The van der Waals surface area contributed by atoms with Crippen LogP contribution in [0, 0.1) is 5.82 Å². The Morgan fingerprint density at radius 2 is 2.00 bits per heavy atom. The molecule has 2 aromatic carbocycles.